The Kier molecular flexibility index (Phi) is 2.91. The van der Waals surface area contributed by atoms with Gasteiger partial charge in [-0.25, -0.2) is 0 Å². The average molecular weight is 254 g/mol. The first-order valence-electron chi connectivity index (χ1n) is 6.13. The predicted octanol–water partition coefficient (Wildman–Crippen LogP) is 2.25. The Hall–Kier alpha value is -2.36. The number of rotatable bonds is 3. The van der Waals surface area contributed by atoms with E-state index in [1.807, 2.05) is 29.2 Å². The molecule has 1 aliphatic heterocycles. The molecule has 4 heteroatoms. The van der Waals surface area contributed by atoms with Crippen molar-refractivity contribution in [2.75, 3.05) is 7.11 Å². The summed E-state index contributed by atoms with van der Waals surface area (Å²) in [7, 11) is 1.64. The number of fused-ring (bicyclic) bond motifs is 1. The molecular formula is C15H14N2O2. The van der Waals surface area contributed by atoms with E-state index in [2.05, 4.69) is 4.98 Å². The molecule has 0 bridgehead atoms. The second-order valence-corrected chi connectivity index (χ2v) is 4.54. The van der Waals surface area contributed by atoms with Gasteiger partial charge in [-0.15, -0.1) is 0 Å². The minimum atomic E-state index is 0.0771. The molecule has 4 nitrogen and oxygen atoms in total. The van der Waals surface area contributed by atoms with Gasteiger partial charge in [-0.2, -0.15) is 0 Å². The molecular weight excluding hydrogens is 240 g/mol. The number of benzene rings is 1. The van der Waals surface area contributed by atoms with E-state index in [1.54, 1.807) is 25.6 Å². The minimum Gasteiger partial charge on any atom is -0.497 e. The zero-order chi connectivity index (χ0) is 13.2. The lowest BCUT2D eigenvalue weighted by molar-refractivity contribution is 0.0766. The second-order valence-electron chi connectivity index (χ2n) is 4.54. The van der Waals surface area contributed by atoms with Crippen LogP contribution in [0.1, 0.15) is 21.5 Å². The molecule has 3 rings (SSSR count). The van der Waals surface area contributed by atoms with Crippen LogP contribution in [0.25, 0.3) is 0 Å². The van der Waals surface area contributed by atoms with E-state index in [0.29, 0.717) is 13.1 Å². The summed E-state index contributed by atoms with van der Waals surface area (Å²) in [6.07, 6.45) is 3.43. The zero-order valence-corrected chi connectivity index (χ0v) is 10.7. The molecule has 1 aliphatic rings. The Morgan fingerprint density at radius 1 is 1.26 bits per heavy atom. The molecule has 0 spiro atoms. The molecule has 2 heterocycles. The second kappa shape index (κ2) is 4.72. The molecule has 0 aliphatic carbocycles. The number of hydrogen-bond donors (Lipinski definition) is 0. The summed E-state index contributed by atoms with van der Waals surface area (Å²) in [5.74, 6) is 0.900. The van der Waals surface area contributed by atoms with Gasteiger partial charge in [-0.1, -0.05) is 12.1 Å². The molecule has 0 fully saturated rings. The van der Waals surface area contributed by atoms with Crippen molar-refractivity contribution in [3.8, 4) is 5.75 Å². The Bertz CT molecular complexity index is 608. The molecule has 96 valence electrons. The molecule has 0 unspecified atom stereocenters. The lowest BCUT2D eigenvalue weighted by Gasteiger charge is -2.15. The van der Waals surface area contributed by atoms with Crippen LogP contribution in [-0.4, -0.2) is 22.9 Å². The fourth-order valence-corrected chi connectivity index (χ4v) is 2.29. The third kappa shape index (κ3) is 2.17. The fourth-order valence-electron chi connectivity index (χ4n) is 2.29. The Morgan fingerprint density at radius 3 is 2.74 bits per heavy atom. The highest BCUT2D eigenvalue weighted by Gasteiger charge is 2.26. The van der Waals surface area contributed by atoms with Crippen molar-refractivity contribution < 1.29 is 9.53 Å². The number of ether oxygens (including phenoxy) is 1. The standard InChI is InChI=1S/C15H14N2O2/c1-19-13-4-2-11(3-5-13)9-17-10-12-8-16-7-6-14(12)15(17)18/h2-8H,9-10H2,1H3. The van der Waals surface area contributed by atoms with Crippen molar-refractivity contribution >= 4 is 5.91 Å². The fraction of sp³-hybridized carbons (Fsp3) is 0.200. The number of nitrogens with zero attached hydrogens (tertiary/aromatic N) is 2. The SMILES string of the molecule is COc1ccc(CN2Cc3cnccc3C2=O)cc1. The van der Waals surface area contributed by atoms with Crippen LogP contribution in [0.4, 0.5) is 0 Å². The van der Waals surface area contributed by atoms with Gasteiger partial charge < -0.3 is 9.64 Å². The monoisotopic (exact) mass is 254 g/mol. The molecule has 19 heavy (non-hydrogen) atoms. The smallest absolute Gasteiger partial charge is 0.254 e. The average Bonchev–Trinajstić information content (AvgIpc) is 2.77. The van der Waals surface area contributed by atoms with Gasteiger partial charge in [0.1, 0.15) is 5.75 Å². The van der Waals surface area contributed by atoms with E-state index in [0.717, 1.165) is 22.4 Å². The van der Waals surface area contributed by atoms with Gasteiger partial charge in [0.05, 0.1) is 7.11 Å². The van der Waals surface area contributed by atoms with Gasteiger partial charge in [-0.3, -0.25) is 9.78 Å². The Balaban J connectivity index is 1.77. The van der Waals surface area contributed by atoms with Gasteiger partial charge >= 0.3 is 0 Å². The number of carbonyl (C=O) groups is 1. The van der Waals surface area contributed by atoms with E-state index in [4.69, 9.17) is 4.74 Å². The summed E-state index contributed by atoms with van der Waals surface area (Å²) >= 11 is 0. The molecule has 0 atom stereocenters. The highest BCUT2D eigenvalue weighted by atomic mass is 16.5. The molecule has 1 amide bonds. The summed E-state index contributed by atoms with van der Waals surface area (Å²) < 4.78 is 5.12. The van der Waals surface area contributed by atoms with Crippen molar-refractivity contribution in [2.45, 2.75) is 13.1 Å². The Morgan fingerprint density at radius 2 is 2.05 bits per heavy atom. The van der Waals surface area contributed by atoms with Crippen LogP contribution in [0.5, 0.6) is 5.75 Å². The molecule has 1 aromatic heterocycles. The molecule has 0 saturated heterocycles. The summed E-state index contributed by atoms with van der Waals surface area (Å²) in [6.45, 7) is 1.24. The minimum absolute atomic E-state index is 0.0771. The van der Waals surface area contributed by atoms with Crippen LogP contribution in [-0.2, 0) is 13.1 Å². The first-order chi connectivity index (χ1) is 9.28. The molecule has 0 N–H and O–H groups in total. The van der Waals surface area contributed by atoms with Gasteiger partial charge in [0.25, 0.3) is 5.91 Å². The normalized spacial score (nSPS) is 13.5. The quantitative estimate of drug-likeness (QED) is 0.843. The van der Waals surface area contributed by atoms with E-state index in [1.165, 1.54) is 0 Å². The van der Waals surface area contributed by atoms with Crippen LogP contribution >= 0.6 is 0 Å². The largest absolute Gasteiger partial charge is 0.497 e. The van der Waals surface area contributed by atoms with Gasteiger partial charge in [0, 0.05) is 36.6 Å². The number of hydrogen-bond acceptors (Lipinski definition) is 3. The van der Waals surface area contributed by atoms with Gasteiger partial charge in [-0.05, 0) is 23.8 Å². The summed E-state index contributed by atoms with van der Waals surface area (Å²) in [6, 6.07) is 9.56. The van der Waals surface area contributed by atoms with Crippen molar-refractivity contribution in [1.29, 1.82) is 0 Å². The third-order valence-corrected chi connectivity index (χ3v) is 3.31. The van der Waals surface area contributed by atoms with Crippen molar-refractivity contribution in [1.82, 2.24) is 9.88 Å². The maximum atomic E-state index is 12.2. The lowest BCUT2D eigenvalue weighted by Crippen LogP contribution is -2.23. The number of amides is 1. The summed E-state index contributed by atoms with van der Waals surface area (Å²) in [5.41, 5.74) is 2.86. The topological polar surface area (TPSA) is 42.4 Å². The van der Waals surface area contributed by atoms with Crippen molar-refractivity contribution in [3.63, 3.8) is 0 Å². The van der Waals surface area contributed by atoms with Crippen molar-refractivity contribution in [2.24, 2.45) is 0 Å². The summed E-state index contributed by atoms with van der Waals surface area (Å²) in [4.78, 5) is 18.1. The lowest BCUT2D eigenvalue weighted by atomic mass is 10.2. The Labute approximate surface area is 111 Å². The van der Waals surface area contributed by atoms with Crippen LogP contribution in [0, 0.1) is 0 Å². The van der Waals surface area contributed by atoms with Gasteiger partial charge in [0.2, 0.25) is 0 Å². The van der Waals surface area contributed by atoms with E-state index < -0.39 is 0 Å². The predicted molar refractivity (Wildman–Crippen MR) is 70.8 cm³/mol. The zero-order valence-electron chi connectivity index (χ0n) is 10.7. The highest BCUT2D eigenvalue weighted by Crippen LogP contribution is 2.23. The van der Waals surface area contributed by atoms with Crippen LogP contribution in [0.3, 0.4) is 0 Å². The maximum Gasteiger partial charge on any atom is 0.254 e. The number of carbonyl (C=O) groups excluding carboxylic acids is 1. The maximum absolute atomic E-state index is 12.2. The summed E-state index contributed by atoms with van der Waals surface area (Å²) in [5, 5.41) is 0. The van der Waals surface area contributed by atoms with Crippen LogP contribution < -0.4 is 4.74 Å². The van der Waals surface area contributed by atoms with Crippen LogP contribution in [0.2, 0.25) is 0 Å². The van der Waals surface area contributed by atoms with E-state index in [-0.39, 0.29) is 5.91 Å². The number of aromatic nitrogens is 1. The van der Waals surface area contributed by atoms with E-state index >= 15 is 0 Å². The molecule has 0 radical (unpaired) electrons. The number of pyridine rings is 1. The third-order valence-electron chi connectivity index (χ3n) is 3.31. The van der Waals surface area contributed by atoms with E-state index in [9.17, 15) is 4.79 Å². The molecule has 1 aromatic carbocycles. The first-order valence-corrected chi connectivity index (χ1v) is 6.13. The molecule has 2 aromatic rings. The first kappa shape index (κ1) is 11.7. The van der Waals surface area contributed by atoms with Crippen molar-refractivity contribution in [3.05, 3.63) is 59.4 Å². The molecule has 0 saturated carbocycles. The van der Waals surface area contributed by atoms with Gasteiger partial charge in [0.15, 0.2) is 0 Å². The van der Waals surface area contributed by atoms with Crippen LogP contribution in [0.15, 0.2) is 42.7 Å². The highest BCUT2D eigenvalue weighted by molar-refractivity contribution is 5.98. The number of methoxy groups -OCH3 is 1.